The van der Waals surface area contributed by atoms with E-state index >= 15 is 0 Å². The monoisotopic (exact) mass is 357 g/mol. The SMILES string of the molecule is O=C(c1ccccc1)C1CCN(C(=O)NCCC(=O)N2CCCC2)CC1. The van der Waals surface area contributed by atoms with Crippen molar-refractivity contribution < 1.29 is 14.4 Å². The van der Waals surface area contributed by atoms with E-state index in [-0.39, 0.29) is 23.6 Å². The van der Waals surface area contributed by atoms with E-state index in [1.54, 1.807) is 4.90 Å². The molecular weight excluding hydrogens is 330 g/mol. The van der Waals surface area contributed by atoms with Crippen LogP contribution in [0.15, 0.2) is 30.3 Å². The predicted molar refractivity (Wildman–Crippen MR) is 98.9 cm³/mol. The number of benzene rings is 1. The number of rotatable bonds is 5. The second-order valence-corrected chi connectivity index (χ2v) is 7.06. The van der Waals surface area contributed by atoms with Gasteiger partial charge in [-0.3, -0.25) is 9.59 Å². The van der Waals surface area contributed by atoms with Crippen LogP contribution in [0, 0.1) is 5.92 Å². The van der Waals surface area contributed by atoms with Crippen LogP contribution in [0.25, 0.3) is 0 Å². The van der Waals surface area contributed by atoms with Gasteiger partial charge in [0.1, 0.15) is 0 Å². The molecule has 2 saturated heterocycles. The van der Waals surface area contributed by atoms with Gasteiger partial charge in [-0.25, -0.2) is 4.79 Å². The standard InChI is InChI=1S/C20H27N3O3/c24-18(22-12-4-5-13-22)8-11-21-20(26)23-14-9-17(10-15-23)19(25)16-6-2-1-3-7-16/h1-3,6-7,17H,4-5,8-15H2,(H,21,26). The van der Waals surface area contributed by atoms with E-state index in [1.807, 2.05) is 35.2 Å². The summed E-state index contributed by atoms with van der Waals surface area (Å²) in [6, 6.07) is 9.21. The molecule has 6 nitrogen and oxygen atoms in total. The van der Waals surface area contributed by atoms with Crippen molar-refractivity contribution in [2.45, 2.75) is 32.1 Å². The number of amides is 3. The lowest BCUT2D eigenvalue weighted by atomic mass is 9.89. The Labute approximate surface area is 154 Å². The van der Waals surface area contributed by atoms with Gasteiger partial charge in [-0.2, -0.15) is 0 Å². The minimum Gasteiger partial charge on any atom is -0.343 e. The molecule has 3 amide bonds. The van der Waals surface area contributed by atoms with Gasteiger partial charge in [-0.05, 0) is 25.7 Å². The Bertz CT molecular complexity index is 633. The summed E-state index contributed by atoms with van der Waals surface area (Å²) in [5.74, 6) is 0.273. The van der Waals surface area contributed by atoms with Gasteiger partial charge in [0.2, 0.25) is 5.91 Å². The first-order chi connectivity index (χ1) is 12.6. The molecular formula is C20H27N3O3. The molecule has 0 atom stereocenters. The van der Waals surface area contributed by atoms with E-state index in [9.17, 15) is 14.4 Å². The number of likely N-dealkylation sites (tertiary alicyclic amines) is 2. The third kappa shape index (κ3) is 4.62. The maximum absolute atomic E-state index is 12.5. The summed E-state index contributed by atoms with van der Waals surface area (Å²) in [4.78, 5) is 40.3. The van der Waals surface area contributed by atoms with E-state index in [4.69, 9.17) is 0 Å². The van der Waals surface area contributed by atoms with Crippen molar-refractivity contribution >= 4 is 17.7 Å². The number of urea groups is 1. The largest absolute Gasteiger partial charge is 0.343 e. The van der Waals surface area contributed by atoms with Gasteiger partial charge in [-0.1, -0.05) is 30.3 Å². The molecule has 3 rings (SSSR count). The van der Waals surface area contributed by atoms with Gasteiger partial charge in [-0.15, -0.1) is 0 Å². The van der Waals surface area contributed by atoms with E-state index < -0.39 is 0 Å². The summed E-state index contributed by atoms with van der Waals surface area (Å²) >= 11 is 0. The zero-order chi connectivity index (χ0) is 18.4. The molecule has 0 radical (unpaired) electrons. The van der Waals surface area contributed by atoms with E-state index in [1.165, 1.54) is 0 Å². The summed E-state index contributed by atoms with van der Waals surface area (Å²) in [7, 11) is 0. The lowest BCUT2D eigenvalue weighted by Gasteiger charge is -2.31. The Morgan fingerprint density at radius 3 is 2.23 bits per heavy atom. The summed E-state index contributed by atoms with van der Waals surface area (Å²) in [6.07, 6.45) is 3.89. The van der Waals surface area contributed by atoms with Crippen molar-refractivity contribution in [2.24, 2.45) is 5.92 Å². The number of Topliss-reactive ketones (excluding diaryl/α,β-unsaturated/α-hetero) is 1. The molecule has 2 heterocycles. The maximum Gasteiger partial charge on any atom is 0.317 e. The van der Waals surface area contributed by atoms with E-state index in [2.05, 4.69) is 5.32 Å². The maximum atomic E-state index is 12.5. The highest BCUT2D eigenvalue weighted by Gasteiger charge is 2.28. The minimum absolute atomic E-state index is 0.0156. The van der Waals surface area contributed by atoms with E-state index in [0.717, 1.165) is 31.5 Å². The molecule has 1 N–H and O–H groups in total. The third-order valence-corrected chi connectivity index (χ3v) is 5.29. The Morgan fingerprint density at radius 2 is 1.58 bits per heavy atom. The fraction of sp³-hybridized carbons (Fsp3) is 0.550. The normalized spacial score (nSPS) is 18.0. The molecule has 2 fully saturated rings. The van der Waals surface area contributed by atoms with Gasteiger partial charge in [0.05, 0.1) is 0 Å². The second kappa shape index (κ2) is 8.83. The number of hydrogen-bond donors (Lipinski definition) is 1. The molecule has 1 aromatic carbocycles. The Balaban J connectivity index is 1.38. The molecule has 2 aliphatic rings. The molecule has 2 aliphatic heterocycles. The predicted octanol–water partition coefficient (Wildman–Crippen LogP) is 2.30. The molecule has 0 saturated carbocycles. The first kappa shape index (κ1) is 18.4. The first-order valence-electron chi connectivity index (χ1n) is 9.55. The van der Waals surface area contributed by atoms with Gasteiger partial charge >= 0.3 is 6.03 Å². The highest BCUT2D eigenvalue weighted by molar-refractivity contribution is 5.98. The topological polar surface area (TPSA) is 69.7 Å². The average Bonchev–Trinajstić information content (AvgIpc) is 3.23. The van der Waals surface area contributed by atoms with Crippen LogP contribution in [0.1, 0.15) is 42.5 Å². The van der Waals surface area contributed by atoms with Crippen LogP contribution in [0.5, 0.6) is 0 Å². The molecule has 0 bridgehead atoms. The number of nitrogens with zero attached hydrogens (tertiary/aromatic N) is 2. The molecule has 0 unspecified atom stereocenters. The van der Waals surface area contributed by atoms with Crippen molar-refractivity contribution in [3.63, 3.8) is 0 Å². The zero-order valence-corrected chi connectivity index (χ0v) is 15.2. The van der Waals surface area contributed by atoms with Crippen LogP contribution in [-0.4, -0.2) is 60.2 Å². The van der Waals surface area contributed by atoms with Gasteiger partial charge in [0, 0.05) is 50.6 Å². The lowest BCUT2D eigenvalue weighted by molar-refractivity contribution is -0.129. The van der Waals surface area contributed by atoms with E-state index in [0.29, 0.717) is 38.9 Å². The molecule has 0 aromatic heterocycles. The van der Waals surface area contributed by atoms with Crippen molar-refractivity contribution in [3.8, 4) is 0 Å². The van der Waals surface area contributed by atoms with Crippen LogP contribution in [0.4, 0.5) is 4.79 Å². The van der Waals surface area contributed by atoms with Crippen molar-refractivity contribution in [2.75, 3.05) is 32.7 Å². The lowest BCUT2D eigenvalue weighted by Crippen LogP contribution is -2.46. The molecule has 140 valence electrons. The van der Waals surface area contributed by atoms with Gasteiger partial charge in [0.25, 0.3) is 0 Å². The molecule has 26 heavy (non-hydrogen) atoms. The molecule has 1 aromatic rings. The van der Waals surface area contributed by atoms with Gasteiger partial charge < -0.3 is 15.1 Å². The number of ketones is 1. The Kier molecular flexibility index (Phi) is 6.26. The Morgan fingerprint density at radius 1 is 0.923 bits per heavy atom. The summed E-state index contributed by atoms with van der Waals surface area (Å²) in [5.41, 5.74) is 0.746. The highest BCUT2D eigenvalue weighted by atomic mass is 16.2. The van der Waals surface area contributed by atoms with Crippen molar-refractivity contribution in [1.29, 1.82) is 0 Å². The van der Waals surface area contributed by atoms with Crippen LogP contribution < -0.4 is 5.32 Å². The van der Waals surface area contributed by atoms with Crippen LogP contribution in [-0.2, 0) is 4.79 Å². The van der Waals surface area contributed by atoms with Gasteiger partial charge in [0.15, 0.2) is 5.78 Å². The highest BCUT2D eigenvalue weighted by Crippen LogP contribution is 2.21. The minimum atomic E-state index is -0.134. The van der Waals surface area contributed by atoms with Crippen LogP contribution >= 0.6 is 0 Å². The van der Waals surface area contributed by atoms with Crippen molar-refractivity contribution in [1.82, 2.24) is 15.1 Å². The summed E-state index contributed by atoms with van der Waals surface area (Å²) in [5, 5.41) is 2.84. The smallest absolute Gasteiger partial charge is 0.317 e. The molecule has 0 spiro atoms. The third-order valence-electron chi connectivity index (χ3n) is 5.29. The van der Waals surface area contributed by atoms with Crippen molar-refractivity contribution in [3.05, 3.63) is 35.9 Å². The summed E-state index contributed by atoms with van der Waals surface area (Å²) in [6.45, 7) is 3.22. The molecule has 6 heteroatoms. The van der Waals surface area contributed by atoms with Crippen LogP contribution in [0.2, 0.25) is 0 Å². The number of carbonyl (C=O) groups is 3. The second-order valence-electron chi connectivity index (χ2n) is 7.06. The number of nitrogens with one attached hydrogen (secondary N) is 1. The number of piperidine rings is 1. The van der Waals surface area contributed by atoms with Crippen LogP contribution in [0.3, 0.4) is 0 Å². The fourth-order valence-corrected chi connectivity index (χ4v) is 3.70. The zero-order valence-electron chi connectivity index (χ0n) is 15.2. The average molecular weight is 357 g/mol. The first-order valence-corrected chi connectivity index (χ1v) is 9.55. The molecule has 0 aliphatic carbocycles. The Hall–Kier alpha value is -2.37. The summed E-state index contributed by atoms with van der Waals surface area (Å²) < 4.78 is 0. The quantitative estimate of drug-likeness (QED) is 0.822. The number of carbonyl (C=O) groups excluding carboxylic acids is 3. The fourth-order valence-electron chi connectivity index (χ4n) is 3.70. The number of hydrogen-bond acceptors (Lipinski definition) is 3.